The third-order valence-electron chi connectivity index (χ3n) is 3.17. The van der Waals surface area contributed by atoms with Gasteiger partial charge in [-0.15, -0.1) is 11.3 Å². The van der Waals surface area contributed by atoms with Crippen LogP contribution >= 0.6 is 11.3 Å². The molecule has 0 unspecified atom stereocenters. The fourth-order valence-electron chi connectivity index (χ4n) is 2.16. The van der Waals surface area contributed by atoms with E-state index in [2.05, 4.69) is 4.98 Å². The van der Waals surface area contributed by atoms with E-state index in [1.807, 2.05) is 24.3 Å². The standard InChI is InChI=1S/C16H12F2N2OS/c1-20(16(21)10-6-11(17)8-12(18)7-10)9-15-19-13-4-2-3-5-14(13)22-15/h2-8H,9H2,1H3. The molecule has 0 radical (unpaired) electrons. The first-order valence-corrected chi connectivity index (χ1v) is 7.40. The maximum atomic E-state index is 13.2. The van der Waals surface area contributed by atoms with Crippen LogP contribution in [0.2, 0.25) is 0 Å². The second kappa shape index (κ2) is 5.81. The van der Waals surface area contributed by atoms with Crippen LogP contribution in [0.5, 0.6) is 0 Å². The van der Waals surface area contributed by atoms with Gasteiger partial charge in [0.25, 0.3) is 5.91 Å². The molecule has 3 rings (SSSR count). The van der Waals surface area contributed by atoms with Crippen molar-refractivity contribution in [1.82, 2.24) is 9.88 Å². The van der Waals surface area contributed by atoms with Crippen LogP contribution in [0.1, 0.15) is 15.4 Å². The van der Waals surface area contributed by atoms with Crippen LogP contribution in [-0.2, 0) is 6.54 Å². The number of thiazole rings is 1. The number of carbonyl (C=O) groups is 1. The van der Waals surface area contributed by atoms with Gasteiger partial charge in [0.2, 0.25) is 0 Å². The van der Waals surface area contributed by atoms with Crippen molar-refractivity contribution in [3.8, 4) is 0 Å². The van der Waals surface area contributed by atoms with Crippen LogP contribution in [0.15, 0.2) is 42.5 Å². The van der Waals surface area contributed by atoms with E-state index in [9.17, 15) is 13.6 Å². The molecule has 112 valence electrons. The van der Waals surface area contributed by atoms with Gasteiger partial charge < -0.3 is 4.90 Å². The van der Waals surface area contributed by atoms with E-state index >= 15 is 0 Å². The monoisotopic (exact) mass is 318 g/mol. The quantitative estimate of drug-likeness (QED) is 0.735. The summed E-state index contributed by atoms with van der Waals surface area (Å²) in [6.45, 7) is 0.288. The van der Waals surface area contributed by atoms with Crippen molar-refractivity contribution in [3.05, 3.63) is 64.7 Å². The number of fused-ring (bicyclic) bond motifs is 1. The molecule has 0 saturated carbocycles. The number of rotatable bonds is 3. The third kappa shape index (κ3) is 2.96. The number of para-hydroxylation sites is 1. The summed E-state index contributed by atoms with van der Waals surface area (Å²) in [4.78, 5) is 18.1. The highest BCUT2D eigenvalue weighted by Gasteiger charge is 2.16. The first kappa shape index (κ1) is 14.6. The van der Waals surface area contributed by atoms with Gasteiger partial charge in [-0.2, -0.15) is 0 Å². The SMILES string of the molecule is CN(Cc1nc2ccccc2s1)C(=O)c1cc(F)cc(F)c1. The molecule has 3 nitrogen and oxygen atoms in total. The molecular weight excluding hydrogens is 306 g/mol. The van der Waals surface area contributed by atoms with Gasteiger partial charge in [0.15, 0.2) is 0 Å². The second-order valence-electron chi connectivity index (χ2n) is 4.89. The lowest BCUT2D eigenvalue weighted by Gasteiger charge is -2.15. The molecule has 2 aromatic carbocycles. The van der Waals surface area contributed by atoms with E-state index in [1.54, 1.807) is 7.05 Å². The summed E-state index contributed by atoms with van der Waals surface area (Å²) in [5.41, 5.74) is 0.862. The molecule has 0 bridgehead atoms. The molecule has 1 aromatic heterocycles. The molecule has 0 N–H and O–H groups in total. The summed E-state index contributed by atoms with van der Waals surface area (Å²) in [7, 11) is 1.58. The van der Waals surface area contributed by atoms with Gasteiger partial charge in [0.1, 0.15) is 16.6 Å². The maximum absolute atomic E-state index is 13.2. The van der Waals surface area contributed by atoms with Gasteiger partial charge >= 0.3 is 0 Å². The van der Waals surface area contributed by atoms with Crippen LogP contribution in [0.4, 0.5) is 8.78 Å². The van der Waals surface area contributed by atoms with Gasteiger partial charge in [-0.05, 0) is 24.3 Å². The van der Waals surface area contributed by atoms with Crippen LogP contribution in [-0.4, -0.2) is 22.8 Å². The van der Waals surface area contributed by atoms with Gasteiger partial charge in [-0.3, -0.25) is 4.79 Å². The smallest absolute Gasteiger partial charge is 0.254 e. The van der Waals surface area contributed by atoms with E-state index in [0.29, 0.717) is 0 Å². The zero-order chi connectivity index (χ0) is 15.7. The molecule has 0 spiro atoms. The summed E-state index contributed by atoms with van der Waals surface area (Å²) in [6.07, 6.45) is 0. The maximum Gasteiger partial charge on any atom is 0.254 e. The Kier molecular flexibility index (Phi) is 3.85. The number of hydrogen-bond donors (Lipinski definition) is 0. The van der Waals surface area contributed by atoms with Crippen LogP contribution in [0, 0.1) is 11.6 Å². The number of amides is 1. The van der Waals surface area contributed by atoms with Gasteiger partial charge in [0.05, 0.1) is 16.8 Å². The summed E-state index contributed by atoms with van der Waals surface area (Å²) < 4.78 is 27.4. The number of hydrogen-bond acceptors (Lipinski definition) is 3. The third-order valence-corrected chi connectivity index (χ3v) is 4.19. The van der Waals surface area contributed by atoms with Crippen molar-refractivity contribution >= 4 is 27.5 Å². The lowest BCUT2D eigenvalue weighted by Crippen LogP contribution is -2.26. The molecule has 0 atom stereocenters. The first-order chi connectivity index (χ1) is 10.5. The Balaban J connectivity index is 1.81. The fraction of sp³-hybridized carbons (Fsp3) is 0.125. The van der Waals surface area contributed by atoms with Crippen LogP contribution < -0.4 is 0 Å². The molecule has 0 aliphatic carbocycles. The highest BCUT2D eigenvalue weighted by Crippen LogP contribution is 2.23. The normalized spacial score (nSPS) is 10.9. The predicted octanol–water partition coefficient (Wildman–Crippen LogP) is 3.85. The minimum absolute atomic E-state index is 0.0129. The average Bonchev–Trinajstić information content (AvgIpc) is 2.87. The topological polar surface area (TPSA) is 33.2 Å². The van der Waals surface area contributed by atoms with Crippen molar-refractivity contribution < 1.29 is 13.6 Å². The molecule has 22 heavy (non-hydrogen) atoms. The van der Waals surface area contributed by atoms with Gasteiger partial charge in [-0.1, -0.05) is 12.1 Å². The first-order valence-electron chi connectivity index (χ1n) is 6.59. The van der Waals surface area contributed by atoms with E-state index in [0.717, 1.165) is 33.4 Å². The highest BCUT2D eigenvalue weighted by molar-refractivity contribution is 7.18. The van der Waals surface area contributed by atoms with E-state index < -0.39 is 17.5 Å². The van der Waals surface area contributed by atoms with Crippen LogP contribution in [0.25, 0.3) is 10.2 Å². The Bertz CT molecular complexity index is 794. The average molecular weight is 318 g/mol. The Hall–Kier alpha value is -2.34. The predicted molar refractivity (Wildman–Crippen MR) is 81.8 cm³/mol. The van der Waals surface area contributed by atoms with E-state index in [4.69, 9.17) is 0 Å². The Morgan fingerprint density at radius 1 is 1.18 bits per heavy atom. The zero-order valence-electron chi connectivity index (χ0n) is 11.7. The number of benzene rings is 2. The largest absolute Gasteiger partial charge is 0.335 e. The van der Waals surface area contributed by atoms with Gasteiger partial charge in [0, 0.05) is 18.7 Å². The Morgan fingerprint density at radius 3 is 2.55 bits per heavy atom. The van der Waals surface area contributed by atoms with Crippen molar-refractivity contribution in [2.24, 2.45) is 0 Å². The molecule has 0 saturated heterocycles. The van der Waals surface area contributed by atoms with Crippen molar-refractivity contribution in [3.63, 3.8) is 0 Å². The summed E-state index contributed by atoms with van der Waals surface area (Å²) in [5, 5.41) is 0.772. The van der Waals surface area contributed by atoms with Crippen molar-refractivity contribution in [2.75, 3.05) is 7.05 Å². The molecule has 0 aliphatic heterocycles. The Labute approximate surface area is 129 Å². The second-order valence-corrected chi connectivity index (χ2v) is 6.01. The van der Waals surface area contributed by atoms with Gasteiger partial charge in [-0.25, -0.2) is 13.8 Å². The lowest BCUT2D eigenvalue weighted by molar-refractivity contribution is 0.0784. The summed E-state index contributed by atoms with van der Waals surface area (Å²) in [5.74, 6) is -1.98. The molecule has 1 amide bonds. The summed E-state index contributed by atoms with van der Waals surface area (Å²) in [6, 6.07) is 10.5. The molecule has 3 aromatic rings. The van der Waals surface area contributed by atoms with Crippen LogP contribution in [0.3, 0.4) is 0 Å². The van der Waals surface area contributed by atoms with E-state index in [-0.39, 0.29) is 12.1 Å². The molecular formula is C16H12F2N2OS. The fourth-order valence-corrected chi connectivity index (χ4v) is 3.18. The molecule has 6 heteroatoms. The minimum Gasteiger partial charge on any atom is -0.335 e. The minimum atomic E-state index is -0.767. The highest BCUT2D eigenvalue weighted by atomic mass is 32.1. The number of nitrogens with zero attached hydrogens (tertiary/aromatic N) is 2. The Morgan fingerprint density at radius 2 is 1.86 bits per heavy atom. The summed E-state index contributed by atoms with van der Waals surface area (Å²) >= 11 is 1.49. The number of halogens is 2. The molecule has 1 heterocycles. The van der Waals surface area contributed by atoms with Crippen molar-refractivity contribution in [2.45, 2.75) is 6.54 Å². The number of carbonyl (C=O) groups excluding carboxylic acids is 1. The molecule has 0 aliphatic rings. The van der Waals surface area contributed by atoms with E-state index in [1.165, 1.54) is 16.2 Å². The lowest BCUT2D eigenvalue weighted by atomic mass is 10.2. The zero-order valence-corrected chi connectivity index (χ0v) is 12.5. The van der Waals surface area contributed by atoms with Crippen molar-refractivity contribution in [1.29, 1.82) is 0 Å². The number of aromatic nitrogens is 1. The molecule has 0 fully saturated rings.